The van der Waals surface area contributed by atoms with Gasteiger partial charge in [0.15, 0.2) is 16.3 Å². The summed E-state index contributed by atoms with van der Waals surface area (Å²) in [7, 11) is 0. The standard InChI is InChI=1S/C11H18O3S/c1-7(12)8-5-6-9(15(8)14)10(13)11(2,3)4/h8-9,12H,1,5-6H2,2-4H3. The van der Waals surface area contributed by atoms with E-state index in [1.54, 1.807) is 0 Å². The molecule has 1 heterocycles. The number of aliphatic hydroxyl groups is 1. The Morgan fingerprint density at radius 2 is 1.87 bits per heavy atom. The Kier molecular flexibility index (Phi) is 3.51. The summed E-state index contributed by atoms with van der Waals surface area (Å²) in [6.07, 6.45) is 1.18. The van der Waals surface area contributed by atoms with Crippen molar-refractivity contribution in [3.8, 4) is 0 Å². The van der Waals surface area contributed by atoms with E-state index in [1.807, 2.05) is 20.8 Å². The Balaban J connectivity index is 2.76. The first-order valence-corrected chi connectivity index (χ1v) is 6.34. The summed E-state index contributed by atoms with van der Waals surface area (Å²) in [6.45, 7) is 8.88. The largest absolute Gasteiger partial charge is 0.615 e. The second-order valence-electron chi connectivity index (χ2n) is 4.99. The first-order chi connectivity index (χ1) is 6.75. The van der Waals surface area contributed by atoms with Crippen LogP contribution in [-0.4, -0.2) is 25.9 Å². The van der Waals surface area contributed by atoms with E-state index >= 15 is 0 Å². The quantitative estimate of drug-likeness (QED) is 0.582. The number of aliphatic hydroxyl groups excluding tert-OH is 1. The molecule has 1 N–H and O–H groups in total. The van der Waals surface area contributed by atoms with Gasteiger partial charge in [0.2, 0.25) is 0 Å². The molecule has 3 nitrogen and oxygen atoms in total. The number of carbonyl (C=O) groups is 1. The molecule has 1 aliphatic heterocycles. The van der Waals surface area contributed by atoms with Crippen molar-refractivity contribution >= 4 is 17.0 Å². The molecule has 3 atom stereocenters. The van der Waals surface area contributed by atoms with Crippen LogP contribution in [0.15, 0.2) is 12.3 Å². The van der Waals surface area contributed by atoms with Crippen molar-refractivity contribution in [2.75, 3.05) is 0 Å². The van der Waals surface area contributed by atoms with E-state index < -0.39 is 27.1 Å². The van der Waals surface area contributed by atoms with Crippen LogP contribution < -0.4 is 0 Å². The van der Waals surface area contributed by atoms with Crippen LogP contribution in [0.25, 0.3) is 0 Å². The molecule has 86 valence electrons. The minimum absolute atomic E-state index is 0.0181. The Morgan fingerprint density at radius 1 is 1.40 bits per heavy atom. The van der Waals surface area contributed by atoms with Crippen LogP contribution in [0.3, 0.4) is 0 Å². The number of ketones is 1. The zero-order chi connectivity index (χ0) is 11.8. The molecule has 0 amide bonds. The van der Waals surface area contributed by atoms with Gasteiger partial charge in [0, 0.05) is 18.3 Å². The zero-order valence-corrected chi connectivity index (χ0v) is 10.3. The van der Waals surface area contributed by atoms with Gasteiger partial charge in [-0.1, -0.05) is 27.4 Å². The SMILES string of the molecule is C=C(O)C1CCC(C(=O)C(C)(C)C)[S+]1[O-]. The Morgan fingerprint density at radius 3 is 2.20 bits per heavy atom. The highest BCUT2D eigenvalue weighted by atomic mass is 32.2. The molecule has 0 radical (unpaired) electrons. The zero-order valence-electron chi connectivity index (χ0n) is 9.45. The molecule has 0 saturated carbocycles. The smallest absolute Gasteiger partial charge is 0.190 e. The Bertz CT molecular complexity index is 280. The van der Waals surface area contributed by atoms with E-state index in [2.05, 4.69) is 6.58 Å². The topological polar surface area (TPSA) is 60.4 Å². The van der Waals surface area contributed by atoms with Gasteiger partial charge in [-0.2, -0.15) is 0 Å². The minimum atomic E-state index is -1.30. The number of hydrogen-bond donors (Lipinski definition) is 1. The predicted octanol–water partition coefficient (Wildman–Crippen LogP) is 1.95. The van der Waals surface area contributed by atoms with Gasteiger partial charge in [-0.15, -0.1) is 0 Å². The van der Waals surface area contributed by atoms with E-state index in [0.29, 0.717) is 12.8 Å². The normalized spacial score (nSPS) is 31.6. The average Bonchev–Trinajstić information content (AvgIpc) is 2.44. The fourth-order valence-electron chi connectivity index (χ4n) is 1.75. The van der Waals surface area contributed by atoms with E-state index in [1.165, 1.54) is 0 Å². The molecule has 4 heteroatoms. The van der Waals surface area contributed by atoms with Gasteiger partial charge in [-0.3, -0.25) is 4.79 Å². The van der Waals surface area contributed by atoms with Crippen LogP contribution in [0.4, 0.5) is 0 Å². The van der Waals surface area contributed by atoms with E-state index in [9.17, 15) is 14.5 Å². The van der Waals surface area contributed by atoms with Gasteiger partial charge in [-0.05, 0) is 11.2 Å². The van der Waals surface area contributed by atoms with Crippen molar-refractivity contribution in [2.24, 2.45) is 5.41 Å². The van der Waals surface area contributed by atoms with Crippen LogP contribution in [0.2, 0.25) is 0 Å². The van der Waals surface area contributed by atoms with Gasteiger partial charge in [-0.25, -0.2) is 0 Å². The third-order valence-corrected chi connectivity index (χ3v) is 4.73. The highest BCUT2D eigenvalue weighted by Gasteiger charge is 2.47. The molecule has 1 rings (SSSR count). The fraction of sp³-hybridized carbons (Fsp3) is 0.727. The van der Waals surface area contributed by atoms with Crippen LogP contribution in [0.1, 0.15) is 33.6 Å². The summed E-state index contributed by atoms with van der Waals surface area (Å²) < 4.78 is 11.9. The molecule has 0 aromatic heterocycles. The van der Waals surface area contributed by atoms with Crippen molar-refractivity contribution in [3.63, 3.8) is 0 Å². The maximum Gasteiger partial charge on any atom is 0.190 e. The average molecular weight is 230 g/mol. The number of rotatable bonds is 2. The number of Topliss-reactive ketones (excluding diaryl/α,β-unsaturated/α-hetero) is 1. The summed E-state index contributed by atoms with van der Waals surface area (Å²) in [5.41, 5.74) is -0.466. The van der Waals surface area contributed by atoms with Crippen LogP contribution >= 0.6 is 0 Å². The second kappa shape index (κ2) is 4.18. The lowest BCUT2D eigenvalue weighted by Gasteiger charge is -2.23. The lowest BCUT2D eigenvalue weighted by Crippen LogP contribution is -2.37. The molecule has 0 aromatic rings. The maximum atomic E-state index is 11.9. The highest BCUT2D eigenvalue weighted by molar-refractivity contribution is 7.93. The lowest BCUT2D eigenvalue weighted by atomic mass is 9.87. The van der Waals surface area contributed by atoms with E-state index in [4.69, 9.17) is 0 Å². The van der Waals surface area contributed by atoms with Crippen LogP contribution in [0, 0.1) is 5.41 Å². The van der Waals surface area contributed by atoms with Crippen molar-refractivity contribution in [1.29, 1.82) is 0 Å². The monoisotopic (exact) mass is 230 g/mol. The Labute approximate surface area is 93.7 Å². The van der Waals surface area contributed by atoms with Crippen molar-refractivity contribution in [2.45, 2.75) is 44.1 Å². The molecule has 1 aliphatic rings. The molecule has 3 unspecified atom stereocenters. The number of carbonyl (C=O) groups excluding carboxylic acids is 1. The molecular formula is C11H18O3S. The van der Waals surface area contributed by atoms with Gasteiger partial charge >= 0.3 is 0 Å². The van der Waals surface area contributed by atoms with Crippen molar-refractivity contribution in [1.82, 2.24) is 0 Å². The second-order valence-corrected chi connectivity index (χ2v) is 6.78. The molecular weight excluding hydrogens is 212 g/mol. The third kappa shape index (κ3) is 2.55. The van der Waals surface area contributed by atoms with Gasteiger partial charge in [0.1, 0.15) is 5.76 Å². The summed E-state index contributed by atoms with van der Waals surface area (Å²) in [6, 6.07) is 0. The first kappa shape index (κ1) is 12.6. The van der Waals surface area contributed by atoms with E-state index in [0.717, 1.165) is 0 Å². The molecule has 1 saturated heterocycles. The lowest BCUT2D eigenvalue weighted by molar-refractivity contribution is -0.125. The van der Waals surface area contributed by atoms with Gasteiger partial charge in [0.25, 0.3) is 0 Å². The van der Waals surface area contributed by atoms with Crippen molar-refractivity contribution < 1.29 is 14.5 Å². The molecule has 0 spiro atoms. The maximum absolute atomic E-state index is 11.9. The van der Waals surface area contributed by atoms with Crippen LogP contribution in [0.5, 0.6) is 0 Å². The summed E-state index contributed by atoms with van der Waals surface area (Å²) in [5, 5.41) is 8.38. The van der Waals surface area contributed by atoms with Gasteiger partial charge in [0.05, 0.1) is 0 Å². The fourth-order valence-corrected chi connectivity index (χ4v) is 3.72. The van der Waals surface area contributed by atoms with Gasteiger partial charge < -0.3 is 9.66 Å². The molecule has 0 aliphatic carbocycles. The first-order valence-electron chi connectivity index (χ1n) is 5.06. The highest BCUT2D eigenvalue weighted by Crippen LogP contribution is 2.34. The predicted molar refractivity (Wildman–Crippen MR) is 61.2 cm³/mol. The summed E-state index contributed by atoms with van der Waals surface area (Å²) in [5.74, 6) is -0.0397. The Hall–Kier alpha value is -0.480. The number of hydrogen-bond acceptors (Lipinski definition) is 3. The molecule has 15 heavy (non-hydrogen) atoms. The molecule has 0 bridgehead atoms. The summed E-state index contributed by atoms with van der Waals surface area (Å²) in [4.78, 5) is 11.9. The van der Waals surface area contributed by atoms with Crippen LogP contribution in [-0.2, 0) is 16.0 Å². The van der Waals surface area contributed by atoms with E-state index in [-0.39, 0.29) is 11.5 Å². The molecule has 0 aromatic carbocycles. The minimum Gasteiger partial charge on any atom is -0.615 e. The molecule has 1 fully saturated rings. The third-order valence-electron chi connectivity index (χ3n) is 2.66. The summed E-state index contributed by atoms with van der Waals surface area (Å²) >= 11 is -1.30. The van der Waals surface area contributed by atoms with Crippen molar-refractivity contribution in [3.05, 3.63) is 12.3 Å².